The second kappa shape index (κ2) is 2.71. The van der Waals surface area contributed by atoms with Crippen LogP contribution >= 0.6 is 0 Å². The van der Waals surface area contributed by atoms with Crippen molar-refractivity contribution >= 4 is 11.1 Å². The Morgan fingerprint density at radius 1 is 1.86 bits per heavy atom. The Kier molecular flexibility index (Phi) is 2.55. The van der Waals surface area contributed by atoms with Gasteiger partial charge in [0.1, 0.15) is 0 Å². The molecule has 0 heterocycles. The van der Waals surface area contributed by atoms with Crippen molar-refractivity contribution in [2.45, 2.75) is 0 Å². The van der Waals surface area contributed by atoms with Crippen LogP contribution in [-0.2, 0) is 11.1 Å². The summed E-state index contributed by atoms with van der Waals surface area (Å²) in [7, 11) is 0. The highest BCUT2D eigenvalue weighted by Gasteiger charge is 1.78. The smallest absolute Gasteiger partial charge is 0.0171 e. The first-order chi connectivity index (χ1) is 3.18. The van der Waals surface area contributed by atoms with Crippen LogP contribution in [0.25, 0.3) is 0 Å². The first-order valence-electron chi connectivity index (χ1n) is 1.59. The molecule has 3 heteroatoms. The van der Waals surface area contributed by atoms with Gasteiger partial charge in [-0.3, -0.25) is 4.21 Å². The second-order valence-electron chi connectivity index (χ2n) is 0.905. The Hall–Kier alpha value is -0.410. The number of allylic oxidation sites excluding steroid dienone is 1. The third-order valence-electron chi connectivity index (χ3n) is 0.442. The Bertz CT molecular complexity index is 117. The molecule has 0 saturated heterocycles. The molecule has 0 rings (SSSR count). The van der Waals surface area contributed by atoms with Gasteiger partial charge in [-0.25, -0.2) is 0 Å². The fourth-order valence-corrected chi connectivity index (χ4v) is 0.204. The lowest BCUT2D eigenvalue weighted by atomic mass is 10.6. The average molecular weight is 117 g/mol. The molecule has 0 aliphatic carbocycles. The van der Waals surface area contributed by atoms with Crippen molar-refractivity contribution < 1.29 is 8.76 Å². The van der Waals surface area contributed by atoms with E-state index in [1.165, 1.54) is 6.08 Å². The normalized spacial score (nSPS) is 12.7. The molecule has 0 fully saturated rings. The number of hydrogen-bond acceptors (Lipinski definition) is 2. The maximum atomic E-state index is 9.76. The molecule has 7 heavy (non-hydrogen) atoms. The van der Waals surface area contributed by atoms with Crippen LogP contribution in [0.3, 0.4) is 0 Å². The highest BCUT2D eigenvalue weighted by Crippen LogP contribution is 1.92. The SMILES string of the molecule is C=CC(=C)S(=O)[O-]. The topological polar surface area (TPSA) is 40.1 Å². The Balaban J connectivity index is 3.81. The van der Waals surface area contributed by atoms with Crippen molar-refractivity contribution in [1.82, 2.24) is 0 Å². The number of rotatable bonds is 2. The van der Waals surface area contributed by atoms with Crippen molar-refractivity contribution in [3.05, 3.63) is 24.1 Å². The van der Waals surface area contributed by atoms with Crippen LogP contribution in [0.5, 0.6) is 0 Å². The van der Waals surface area contributed by atoms with Gasteiger partial charge in [0.05, 0.1) is 0 Å². The molecule has 1 atom stereocenters. The number of hydrogen-bond donors (Lipinski definition) is 0. The predicted molar refractivity (Wildman–Crippen MR) is 28.3 cm³/mol. The van der Waals surface area contributed by atoms with E-state index >= 15 is 0 Å². The van der Waals surface area contributed by atoms with E-state index in [4.69, 9.17) is 0 Å². The average Bonchev–Trinajstić information content (AvgIpc) is 1.65. The summed E-state index contributed by atoms with van der Waals surface area (Å²) < 4.78 is 19.5. The molecule has 0 aliphatic heterocycles. The third-order valence-corrected chi connectivity index (χ3v) is 1.04. The van der Waals surface area contributed by atoms with Gasteiger partial charge in [-0.15, -0.1) is 0 Å². The maximum Gasteiger partial charge on any atom is 0.0171 e. The van der Waals surface area contributed by atoms with E-state index in [0.717, 1.165) is 0 Å². The van der Waals surface area contributed by atoms with E-state index < -0.39 is 11.1 Å². The lowest BCUT2D eigenvalue weighted by molar-refractivity contribution is 0.544. The second-order valence-corrected chi connectivity index (χ2v) is 1.90. The van der Waals surface area contributed by atoms with Crippen molar-refractivity contribution in [1.29, 1.82) is 0 Å². The maximum absolute atomic E-state index is 9.76. The standard InChI is InChI=1S/C4H6O2S/c1-3-4(2)7(5)6/h3H,1-2H2,(H,5,6)/p-1. The Labute approximate surface area is 44.8 Å². The molecule has 40 valence electrons. The van der Waals surface area contributed by atoms with E-state index in [2.05, 4.69) is 13.2 Å². The van der Waals surface area contributed by atoms with Crippen molar-refractivity contribution in [3.63, 3.8) is 0 Å². The van der Waals surface area contributed by atoms with Gasteiger partial charge in [-0.05, 0) is 11.1 Å². The first-order valence-corrected chi connectivity index (χ1v) is 2.66. The summed E-state index contributed by atoms with van der Waals surface area (Å²) >= 11 is -2.17. The molecule has 0 saturated carbocycles. The molecule has 0 N–H and O–H groups in total. The molecule has 0 aromatic rings. The zero-order chi connectivity index (χ0) is 5.86. The largest absolute Gasteiger partial charge is 0.768 e. The molecular weight excluding hydrogens is 112 g/mol. The summed E-state index contributed by atoms with van der Waals surface area (Å²) in [5, 5.41) is 0. The van der Waals surface area contributed by atoms with Crippen LogP contribution in [0.4, 0.5) is 0 Å². The van der Waals surface area contributed by atoms with Gasteiger partial charge >= 0.3 is 0 Å². The van der Waals surface area contributed by atoms with Crippen molar-refractivity contribution in [3.8, 4) is 0 Å². The van der Waals surface area contributed by atoms with Crippen LogP contribution < -0.4 is 0 Å². The molecular formula is C4H5O2S-. The summed E-state index contributed by atoms with van der Waals surface area (Å²) in [5.74, 6) is 0. The highest BCUT2D eigenvalue weighted by atomic mass is 32.2. The minimum Gasteiger partial charge on any atom is -0.768 e. The summed E-state index contributed by atoms with van der Waals surface area (Å²) in [6.45, 7) is 6.33. The van der Waals surface area contributed by atoms with Gasteiger partial charge in [0.2, 0.25) is 0 Å². The summed E-state index contributed by atoms with van der Waals surface area (Å²) in [5.41, 5.74) is 0. The van der Waals surface area contributed by atoms with Crippen molar-refractivity contribution in [2.24, 2.45) is 0 Å². The molecule has 0 aliphatic rings. The first kappa shape index (κ1) is 6.59. The highest BCUT2D eigenvalue weighted by molar-refractivity contribution is 7.83. The van der Waals surface area contributed by atoms with Crippen molar-refractivity contribution in [2.75, 3.05) is 0 Å². The van der Waals surface area contributed by atoms with Gasteiger partial charge in [0.25, 0.3) is 0 Å². The van der Waals surface area contributed by atoms with Gasteiger partial charge in [-0.2, -0.15) is 0 Å². The van der Waals surface area contributed by atoms with Crippen LogP contribution in [0, 0.1) is 0 Å². The van der Waals surface area contributed by atoms with E-state index in [1.54, 1.807) is 0 Å². The zero-order valence-corrected chi connectivity index (χ0v) is 4.53. The van der Waals surface area contributed by atoms with Gasteiger partial charge in [0, 0.05) is 4.91 Å². The van der Waals surface area contributed by atoms with Gasteiger partial charge < -0.3 is 4.55 Å². The van der Waals surface area contributed by atoms with E-state index in [0.29, 0.717) is 0 Å². The minimum absolute atomic E-state index is 0.0278. The van der Waals surface area contributed by atoms with Crippen LogP contribution in [-0.4, -0.2) is 8.76 Å². The molecule has 0 spiro atoms. The molecule has 2 nitrogen and oxygen atoms in total. The van der Waals surface area contributed by atoms with Crippen LogP contribution in [0.1, 0.15) is 0 Å². The lowest BCUT2D eigenvalue weighted by Gasteiger charge is -1.99. The van der Waals surface area contributed by atoms with Crippen LogP contribution in [0.2, 0.25) is 0 Å². The van der Waals surface area contributed by atoms with E-state index in [9.17, 15) is 8.76 Å². The quantitative estimate of drug-likeness (QED) is 0.391. The predicted octanol–water partition coefficient (Wildman–Crippen LogP) is 0.565. The summed E-state index contributed by atoms with van der Waals surface area (Å²) in [4.78, 5) is 0.0278. The van der Waals surface area contributed by atoms with E-state index in [1.807, 2.05) is 0 Å². The van der Waals surface area contributed by atoms with E-state index in [-0.39, 0.29) is 4.91 Å². The zero-order valence-electron chi connectivity index (χ0n) is 3.72. The Morgan fingerprint density at radius 3 is 2.29 bits per heavy atom. The molecule has 0 radical (unpaired) electrons. The summed E-state index contributed by atoms with van der Waals surface area (Å²) in [6, 6.07) is 0. The third kappa shape index (κ3) is 2.31. The summed E-state index contributed by atoms with van der Waals surface area (Å²) in [6.07, 6.45) is 1.18. The fraction of sp³-hybridized carbons (Fsp3) is 0. The van der Waals surface area contributed by atoms with Gasteiger partial charge in [-0.1, -0.05) is 19.2 Å². The fourth-order valence-electron chi connectivity index (χ4n) is 0.0680. The molecule has 0 aromatic heterocycles. The monoisotopic (exact) mass is 117 g/mol. The molecule has 1 unspecified atom stereocenters. The minimum atomic E-state index is -2.17. The Morgan fingerprint density at radius 2 is 2.29 bits per heavy atom. The van der Waals surface area contributed by atoms with Gasteiger partial charge in [0.15, 0.2) is 0 Å². The van der Waals surface area contributed by atoms with Crippen LogP contribution in [0.15, 0.2) is 24.1 Å². The molecule has 0 bridgehead atoms. The molecule has 0 aromatic carbocycles. The molecule has 0 amide bonds. The lowest BCUT2D eigenvalue weighted by Crippen LogP contribution is -1.84.